The van der Waals surface area contributed by atoms with Gasteiger partial charge >= 0.3 is 6.18 Å². The molecule has 1 aromatic carbocycles. The van der Waals surface area contributed by atoms with Crippen molar-refractivity contribution in [3.8, 4) is 0 Å². The molecule has 7 nitrogen and oxygen atoms in total. The number of alkyl halides is 3. The first kappa shape index (κ1) is 21.7. The van der Waals surface area contributed by atoms with Crippen LogP contribution < -0.4 is 11.1 Å². The van der Waals surface area contributed by atoms with E-state index in [0.717, 1.165) is 16.6 Å². The van der Waals surface area contributed by atoms with Crippen molar-refractivity contribution >= 4 is 28.8 Å². The van der Waals surface area contributed by atoms with Crippen molar-refractivity contribution in [1.82, 2.24) is 15.2 Å². The largest absolute Gasteiger partial charge is 0.416 e. The Bertz CT molecular complexity index is 997. The van der Waals surface area contributed by atoms with Crippen LogP contribution in [0, 0.1) is 5.92 Å². The molecule has 10 heteroatoms. The maximum absolute atomic E-state index is 12.9. The van der Waals surface area contributed by atoms with Gasteiger partial charge in [-0.25, -0.2) is 0 Å². The van der Waals surface area contributed by atoms with Gasteiger partial charge in [0.1, 0.15) is 0 Å². The van der Waals surface area contributed by atoms with E-state index in [1.807, 2.05) is 6.07 Å². The van der Waals surface area contributed by atoms with Gasteiger partial charge in [0.05, 0.1) is 30.2 Å². The number of halogens is 3. The number of amides is 2. The molecule has 0 aliphatic carbocycles. The quantitative estimate of drug-likeness (QED) is 0.569. The van der Waals surface area contributed by atoms with Crippen LogP contribution in [0.25, 0.3) is 17.0 Å². The van der Waals surface area contributed by atoms with Gasteiger partial charge in [0, 0.05) is 22.8 Å². The highest BCUT2D eigenvalue weighted by molar-refractivity contribution is 6.07. The Morgan fingerprint density at radius 2 is 2.03 bits per heavy atom. The van der Waals surface area contributed by atoms with E-state index in [4.69, 9.17) is 5.73 Å². The first-order valence-electron chi connectivity index (χ1n) is 9.38. The van der Waals surface area contributed by atoms with Gasteiger partial charge in [-0.1, -0.05) is 26.0 Å². The highest BCUT2D eigenvalue weighted by Gasteiger charge is 2.45. The summed E-state index contributed by atoms with van der Waals surface area (Å²) >= 11 is 0. The molecule has 2 heterocycles. The summed E-state index contributed by atoms with van der Waals surface area (Å²) in [4.78, 5) is 28.8. The van der Waals surface area contributed by atoms with Crippen LogP contribution in [0.5, 0.6) is 0 Å². The highest BCUT2D eigenvalue weighted by Crippen LogP contribution is 2.30. The van der Waals surface area contributed by atoms with Crippen molar-refractivity contribution < 1.29 is 27.9 Å². The third-order valence-corrected chi connectivity index (χ3v) is 5.10. The minimum atomic E-state index is -4.83. The van der Waals surface area contributed by atoms with Crippen molar-refractivity contribution in [2.45, 2.75) is 38.7 Å². The molecular weight excluding hydrogens is 401 g/mol. The number of nitrogens with two attached hydrogens (primary N) is 1. The molecule has 2 unspecified atom stereocenters. The molecule has 3 rings (SSSR count). The Balaban J connectivity index is 1.73. The number of hydrogen-bond donors (Lipinski definition) is 4. The van der Waals surface area contributed by atoms with Crippen molar-refractivity contribution in [2.24, 2.45) is 11.7 Å². The number of rotatable bonds is 6. The van der Waals surface area contributed by atoms with E-state index >= 15 is 0 Å². The fourth-order valence-electron chi connectivity index (χ4n) is 3.59. The standard InChI is InChI=1S/C20H23F3N4O3/c1-10(2)16(18(29)20(21,22)23)26-15(28)9-27-7-6-11-12-4-3-5-13(19(24)30)17(12)25-14(11)8-27/h3-7,10,16,18,25,29H,8-9H2,1-2H3,(H2,24,30)(H,26,28). The Hall–Kier alpha value is -3.01. The van der Waals surface area contributed by atoms with Crippen molar-refractivity contribution in [3.63, 3.8) is 0 Å². The van der Waals surface area contributed by atoms with E-state index in [1.165, 1.54) is 13.8 Å². The average Bonchev–Trinajstić information content (AvgIpc) is 3.02. The summed E-state index contributed by atoms with van der Waals surface area (Å²) in [7, 11) is 0. The third kappa shape index (κ3) is 4.28. The van der Waals surface area contributed by atoms with E-state index in [9.17, 15) is 27.9 Å². The van der Waals surface area contributed by atoms with E-state index in [1.54, 1.807) is 29.3 Å². The molecule has 2 amide bonds. The number of benzene rings is 1. The summed E-state index contributed by atoms with van der Waals surface area (Å²) < 4.78 is 38.6. The van der Waals surface area contributed by atoms with Gasteiger partial charge in [-0.3, -0.25) is 9.59 Å². The molecule has 5 N–H and O–H groups in total. The molecule has 2 aromatic rings. The number of nitrogens with zero attached hydrogens (tertiary/aromatic N) is 1. The molecule has 2 atom stereocenters. The number of carbonyl (C=O) groups is 2. The first-order chi connectivity index (χ1) is 14.0. The van der Waals surface area contributed by atoms with Crippen LogP contribution in [0.1, 0.15) is 35.5 Å². The second-order valence-electron chi connectivity index (χ2n) is 7.65. The highest BCUT2D eigenvalue weighted by atomic mass is 19.4. The van der Waals surface area contributed by atoms with Crippen LogP contribution in [0.4, 0.5) is 13.2 Å². The first-order valence-corrected chi connectivity index (χ1v) is 9.38. The average molecular weight is 424 g/mol. The predicted molar refractivity (Wildman–Crippen MR) is 105 cm³/mol. The normalized spacial score (nSPS) is 15.9. The van der Waals surface area contributed by atoms with Gasteiger partial charge in [0.2, 0.25) is 5.91 Å². The monoisotopic (exact) mass is 424 g/mol. The number of para-hydroxylation sites is 1. The van der Waals surface area contributed by atoms with Gasteiger partial charge in [-0.05, 0) is 18.1 Å². The molecule has 162 valence electrons. The third-order valence-electron chi connectivity index (χ3n) is 5.10. The van der Waals surface area contributed by atoms with Crippen molar-refractivity contribution in [3.05, 3.63) is 41.2 Å². The zero-order valence-electron chi connectivity index (χ0n) is 16.5. The molecule has 0 spiro atoms. The Morgan fingerprint density at radius 3 is 2.63 bits per heavy atom. The minimum absolute atomic E-state index is 0.193. The van der Waals surface area contributed by atoms with Crippen LogP contribution in [-0.2, 0) is 11.3 Å². The number of aromatic nitrogens is 1. The van der Waals surface area contributed by atoms with Gasteiger partial charge in [0.15, 0.2) is 6.10 Å². The number of hydrogen-bond acceptors (Lipinski definition) is 4. The van der Waals surface area contributed by atoms with E-state index in [0.29, 0.717) is 17.6 Å². The Kier molecular flexibility index (Phi) is 5.80. The van der Waals surface area contributed by atoms with Gasteiger partial charge in [0.25, 0.3) is 5.91 Å². The summed E-state index contributed by atoms with van der Waals surface area (Å²) in [6, 6.07) is 3.73. The van der Waals surface area contributed by atoms with E-state index in [2.05, 4.69) is 10.3 Å². The zero-order valence-corrected chi connectivity index (χ0v) is 16.5. The number of nitrogens with one attached hydrogen (secondary N) is 2. The summed E-state index contributed by atoms with van der Waals surface area (Å²) in [6.07, 6.45) is -4.05. The zero-order chi connectivity index (χ0) is 22.2. The summed E-state index contributed by atoms with van der Waals surface area (Å²) in [5.41, 5.74) is 7.97. The Labute approximate surface area is 170 Å². The molecule has 0 bridgehead atoms. The van der Waals surface area contributed by atoms with Crippen LogP contribution in [0.2, 0.25) is 0 Å². The molecule has 0 fully saturated rings. The van der Waals surface area contributed by atoms with Crippen LogP contribution in [0.15, 0.2) is 24.4 Å². The fraction of sp³-hybridized carbons (Fsp3) is 0.400. The number of aliphatic hydroxyl groups excluding tert-OH is 1. The maximum atomic E-state index is 12.9. The van der Waals surface area contributed by atoms with Crippen LogP contribution in [0.3, 0.4) is 0 Å². The van der Waals surface area contributed by atoms with Crippen LogP contribution in [-0.4, -0.2) is 51.7 Å². The van der Waals surface area contributed by atoms with Crippen LogP contribution >= 0.6 is 0 Å². The molecule has 0 saturated carbocycles. The summed E-state index contributed by atoms with van der Waals surface area (Å²) in [5, 5.41) is 12.6. The number of primary amides is 1. The minimum Gasteiger partial charge on any atom is -0.382 e. The molecular formula is C20H23F3N4O3. The van der Waals surface area contributed by atoms with Gasteiger partial charge in [-0.15, -0.1) is 0 Å². The maximum Gasteiger partial charge on any atom is 0.416 e. The van der Waals surface area contributed by atoms with Gasteiger partial charge < -0.3 is 26.0 Å². The molecule has 1 aliphatic heterocycles. The molecule has 0 saturated heterocycles. The lowest BCUT2D eigenvalue weighted by Crippen LogP contribution is -2.54. The van der Waals surface area contributed by atoms with E-state index in [-0.39, 0.29) is 6.54 Å². The summed E-state index contributed by atoms with van der Waals surface area (Å²) in [5.74, 6) is -1.82. The second kappa shape index (κ2) is 8.02. The lowest BCUT2D eigenvalue weighted by atomic mass is 9.98. The number of H-pyrrole nitrogens is 1. The SMILES string of the molecule is CC(C)C(NC(=O)CN1C=Cc2c([nH]c3c(C(N)=O)cccc23)C1)C(O)C(F)(F)F. The number of aliphatic hydroxyl groups is 1. The Morgan fingerprint density at radius 1 is 1.33 bits per heavy atom. The second-order valence-corrected chi connectivity index (χ2v) is 7.65. The fourth-order valence-corrected chi connectivity index (χ4v) is 3.59. The summed E-state index contributed by atoms with van der Waals surface area (Å²) in [6.45, 7) is 3.09. The molecule has 1 aliphatic rings. The molecule has 1 aromatic heterocycles. The number of fused-ring (bicyclic) bond motifs is 3. The van der Waals surface area contributed by atoms with Crippen molar-refractivity contribution in [2.75, 3.05) is 6.54 Å². The number of aromatic amines is 1. The molecule has 0 radical (unpaired) electrons. The number of carbonyl (C=O) groups excluding carboxylic acids is 2. The predicted octanol–water partition coefficient (Wildman–Crippen LogP) is 2.12. The smallest absolute Gasteiger partial charge is 0.382 e. The topological polar surface area (TPSA) is 111 Å². The molecule has 30 heavy (non-hydrogen) atoms. The lowest BCUT2D eigenvalue weighted by molar-refractivity contribution is -0.215. The van der Waals surface area contributed by atoms with Gasteiger partial charge in [-0.2, -0.15) is 13.2 Å². The van der Waals surface area contributed by atoms with Crippen molar-refractivity contribution in [1.29, 1.82) is 0 Å². The lowest BCUT2D eigenvalue weighted by Gasteiger charge is -2.30. The van der Waals surface area contributed by atoms with E-state index < -0.39 is 36.1 Å².